The first-order valence-corrected chi connectivity index (χ1v) is 9.74. The lowest BCUT2D eigenvalue weighted by Gasteiger charge is -2.36. The normalized spacial score (nSPS) is 19.7. The Morgan fingerprint density at radius 2 is 1.83 bits per heavy atom. The van der Waals surface area contributed by atoms with E-state index < -0.39 is 35.2 Å². The van der Waals surface area contributed by atoms with Crippen molar-refractivity contribution >= 4 is 18.0 Å². The average molecular weight is 402 g/mol. The summed E-state index contributed by atoms with van der Waals surface area (Å²) >= 11 is 0. The van der Waals surface area contributed by atoms with Gasteiger partial charge in [-0.2, -0.15) is 0 Å². The topological polar surface area (TPSA) is 93.7 Å². The van der Waals surface area contributed by atoms with Crippen molar-refractivity contribution in [3.8, 4) is 0 Å². The molecule has 0 aromatic heterocycles. The van der Waals surface area contributed by atoms with Crippen molar-refractivity contribution < 1.29 is 23.9 Å². The maximum atomic E-state index is 13.2. The number of benzene rings is 1. The molecule has 0 unspecified atom stereocenters. The van der Waals surface area contributed by atoms with Gasteiger partial charge < -0.3 is 20.1 Å². The predicted octanol–water partition coefficient (Wildman–Crippen LogP) is 2.89. The molecular weight excluding hydrogens is 372 g/mol. The summed E-state index contributed by atoms with van der Waals surface area (Å²) in [7, 11) is 1.28. The number of hydrogen-bond acceptors (Lipinski definition) is 5. The molecule has 2 atom stereocenters. The standard InChI is InChI=1S/C22H30N2O5/c1-21(2,3)29-20(27)24-22(13-9-6-10-14-22)19(26)23-17(18(25)28-4)15-16-11-7-5-8-12-16/h5-9,11-12,17H,10,13-15H2,1-4H3,(H,23,26)(H,24,27)/t17-,22+/m0/s1. The zero-order valence-electron chi connectivity index (χ0n) is 17.5. The summed E-state index contributed by atoms with van der Waals surface area (Å²) in [5, 5.41) is 5.52. The number of alkyl carbamates (subject to hydrolysis) is 1. The van der Waals surface area contributed by atoms with Gasteiger partial charge in [0.05, 0.1) is 7.11 Å². The minimum atomic E-state index is -1.18. The number of carbonyl (C=O) groups is 3. The van der Waals surface area contributed by atoms with E-state index in [1.165, 1.54) is 7.11 Å². The Kier molecular flexibility index (Phi) is 7.42. The van der Waals surface area contributed by atoms with Crippen molar-refractivity contribution in [2.24, 2.45) is 0 Å². The molecule has 0 aliphatic heterocycles. The molecule has 7 nitrogen and oxygen atoms in total. The summed E-state index contributed by atoms with van der Waals surface area (Å²) in [6, 6.07) is 8.49. The lowest BCUT2D eigenvalue weighted by molar-refractivity contribution is -0.146. The molecule has 0 fully saturated rings. The third-order valence-corrected chi connectivity index (χ3v) is 4.62. The number of carbonyl (C=O) groups excluding carboxylic acids is 3. The molecule has 1 aliphatic carbocycles. The van der Waals surface area contributed by atoms with Crippen molar-refractivity contribution in [1.82, 2.24) is 10.6 Å². The van der Waals surface area contributed by atoms with E-state index in [4.69, 9.17) is 9.47 Å². The first-order valence-electron chi connectivity index (χ1n) is 9.74. The number of ether oxygens (including phenoxy) is 2. The Bertz CT molecular complexity index is 754. The van der Waals surface area contributed by atoms with Gasteiger partial charge in [-0.05, 0) is 45.6 Å². The van der Waals surface area contributed by atoms with E-state index in [0.29, 0.717) is 19.3 Å². The number of nitrogens with one attached hydrogen (secondary N) is 2. The highest BCUT2D eigenvalue weighted by molar-refractivity contribution is 5.93. The molecule has 0 radical (unpaired) electrons. The fourth-order valence-corrected chi connectivity index (χ4v) is 3.19. The van der Waals surface area contributed by atoms with Gasteiger partial charge in [-0.15, -0.1) is 0 Å². The molecule has 2 N–H and O–H groups in total. The van der Waals surface area contributed by atoms with E-state index >= 15 is 0 Å². The number of hydrogen-bond donors (Lipinski definition) is 2. The summed E-state index contributed by atoms with van der Waals surface area (Å²) < 4.78 is 10.2. The maximum Gasteiger partial charge on any atom is 0.408 e. The maximum absolute atomic E-state index is 13.2. The van der Waals surface area contributed by atoms with E-state index in [9.17, 15) is 14.4 Å². The molecule has 29 heavy (non-hydrogen) atoms. The van der Waals surface area contributed by atoms with Crippen LogP contribution in [0.4, 0.5) is 4.79 Å². The molecule has 0 bridgehead atoms. The van der Waals surface area contributed by atoms with Crippen LogP contribution in [-0.4, -0.2) is 42.3 Å². The Morgan fingerprint density at radius 1 is 1.14 bits per heavy atom. The number of amides is 2. The zero-order chi connectivity index (χ0) is 21.5. The second-order valence-electron chi connectivity index (χ2n) is 8.16. The van der Waals surface area contributed by atoms with Crippen LogP contribution in [0.15, 0.2) is 42.5 Å². The quantitative estimate of drug-likeness (QED) is 0.564. The second kappa shape index (κ2) is 9.58. The van der Waals surface area contributed by atoms with Crippen LogP contribution in [0, 0.1) is 0 Å². The molecule has 7 heteroatoms. The van der Waals surface area contributed by atoms with Crippen LogP contribution in [0.5, 0.6) is 0 Å². The summed E-state index contributed by atoms with van der Waals surface area (Å²) in [6.45, 7) is 5.27. The molecule has 1 aromatic carbocycles. The number of allylic oxidation sites excluding steroid dienone is 1. The Morgan fingerprint density at radius 3 is 2.38 bits per heavy atom. The van der Waals surface area contributed by atoms with E-state index in [-0.39, 0.29) is 6.42 Å². The lowest BCUT2D eigenvalue weighted by Crippen LogP contribution is -2.62. The first kappa shape index (κ1) is 22.5. The molecule has 158 valence electrons. The van der Waals surface area contributed by atoms with Gasteiger partial charge in [-0.1, -0.05) is 42.5 Å². The minimum Gasteiger partial charge on any atom is -0.467 e. The lowest BCUT2D eigenvalue weighted by atomic mass is 9.84. The highest BCUT2D eigenvalue weighted by atomic mass is 16.6. The third-order valence-electron chi connectivity index (χ3n) is 4.62. The van der Waals surface area contributed by atoms with E-state index in [0.717, 1.165) is 5.56 Å². The summed E-state index contributed by atoms with van der Waals surface area (Å²) in [6.07, 6.45) is 4.79. The van der Waals surface area contributed by atoms with Gasteiger partial charge in [0.15, 0.2) is 0 Å². The predicted molar refractivity (Wildman–Crippen MR) is 109 cm³/mol. The van der Waals surface area contributed by atoms with E-state index in [1.807, 2.05) is 42.5 Å². The molecular formula is C22H30N2O5. The Hall–Kier alpha value is -2.83. The van der Waals surface area contributed by atoms with Gasteiger partial charge in [0.2, 0.25) is 5.91 Å². The van der Waals surface area contributed by atoms with E-state index in [1.54, 1.807) is 20.8 Å². The fraction of sp³-hybridized carbons (Fsp3) is 0.500. The summed E-state index contributed by atoms with van der Waals surface area (Å²) in [4.78, 5) is 37.9. The van der Waals surface area contributed by atoms with Gasteiger partial charge in [0.1, 0.15) is 17.2 Å². The van der Waals surface area contributed by atoms with Gasteiger partial charge in [0, 0.05) is 6.42 Å². The minimum absolute atomic E-state index is 0.289. The molecule has 2 rings (SSSR count). The highest BCUT2D eigenvalue weighted by Gasteiger charge is 2.42. The van der Waals surface area contributed by atoms with Crippen LogP contribution in [-0.2, 0) is 25.5 Å². The molecule has 1 aliphatic rings. The molecule has 0 heterocycles. The van der Waals surface area contributed by atoms with Crippen LogP contribution in [0.2, 0.25) is 0 Å². The van der Waals surface area contributed by atoms with Crippen LogP contribution < -0.4 is 10.6 Å². The highest BCUT2D eigenvalue weighted by Crippen LogP contribution is 2.25. The van der Waals surface area contributed by atoms with Gasteiger partial charge >= 0.3 is 12.1 Å². The molecule has 0 saturated heterocycles. The fourth-order valence-electron chi connectivity index (χ4n) is 3.19. The average Bonchev–Trinajstić information content (AvgIpc) is 2.66. The van der Waals surface area contributed by atoms with Gasteiger partial charge in [-0.25, -0.2) is 9.59 Å². The number of esters is 1. The van der Waals surface area contributed by atoms with Crippen LogP contribution in [0.1, 0.15) is 45.6 Å². The van der Waals surface area contributed by atoms with Crippen molar-refractivity contribution in [1.29, 1.82) is 0 Å². The smallest absolute Gasteiger partial charge is 0.408 e. The second-order valence-corrected chi connectivity index (χ2v) is 8.16. The summed E-state index contributed by atoms with van der Waals surface area (Å²) in [5.41, 5.74) is -0.977. The van der Waals surface area contributed by atoms with Crippen LogP contribution in [0.3, 0.4) is 0 Å². The van der Waals surface area contributed by atoms with Crippen molar-refractivity contribution in [3.05, 3.63) is 48.0 Å². The number of methoxy groups -OCH3 is 1. The van der Waals surface area contributed by atoms with Crippen LogP contribution in [0.25, 0.3) is 0 Å². The largest absolute Gasteiger partial charge is 0.467 e. The monoisotopic (exact) mass is 402 g/mol. The Balaban J connectivity index is 2.19. The van der Waals surface area contributed by atoms with Crippen molar-refractivity contribution in [2.45, 2.75) is 63.6 Å². The van der Waals surface area contributed by atoms with Gasteiger partial charge in [0.25, 0.3) is 0 Å². The molecule has 0 spiro atoms. The SMILES string of the molecule is COC(=O)[C@H](Cc1ccccc1)NC(=O)[C@@]1(NC(=O)OC(C)(C)C)CC=CCC1. The van der Waals surface area contributed by atoms with Crippen molar-refractivity contribution in [3.63, 3.8) is 0 Å². The molecule has 2 amide bonds. The van der Waals surface area contributed by atoms with Crippen LogP contribution >= 0.6 is 0 Å². The first-order chi connectivity index (χ1) is 13.6. The van der Waals surface area contributed by atoms with Gasteiger partial charge in [-0.3, -0.25) is 4.79 Å². The summed E-state index contributed by atoms with van der Waals surface area (Å²) in [5.74, 6) is -0.972. The molecule has 0 saturated carbocycles. The third kappa shape index (κ3) is 6.62. The molecule has 1 aromatic rings. The van der Waals surface area contributed by atoms with Crippen molar-refractivity contribution in [2.75, 3.05) is 7.11 Å². The number of rotatable bonds is 6. The Labute approximate surface area is 171 Å². The van der Waals surface area contributed by atoms with E-state index in [2.05, 4.69) is 10.6 Å². The zero-order valence-corrected chi connectivity index (χ0v) is 17.5.